The Kier molecular flexibility index (Phi) is 7.68. The molecule has 0 aliphatic heterocycles. The van der Waals surface area contributed by atoms with Crippen LogP contribution in [0.1, 0.15) is 64.4 Å². The number of aromatic nitrogens is 2. The van der Waals surface area contributed by atoms with Gasteiger partial charge in [0.15, 0.2) is 0 Å². The molecule has 0 saturated heterocycles. The van der Waals surface area contributed by atoms with E-state index in [-0.39, 0.29) is 17.7 Å². The Balaban J connectivity index is 1.27. The maximum Gasteiger partial charge on any atom is 0.335 e. The second kappa shape index (κ2) is 11.7. The van der Waals surface area contributed by atoms with Crippen molar-refractivity contribution in [1.82, 2.24) is 9.55 Å². The number of aromatic carboxylic acids is 2. The van der Waals surface area contributed by atoms with Crippen molar-refractivity contribution in [2.75, 3.05) is 0 Å². The molecule has 7 nitrogen and oxygen atoms in total. The molecule has 42 heavy (non-hydrogen) atoms. The summed E-state index contributed by atoms with van der Waals surface area (Å²) in [6.07, 6.45) is 5.70. The third-order valence-corrected chi connectivity index (χ3v) is 8.13. The van der Waals surface area contributed by atoms with Gasteiger partial charge in [0.25, 0.3) is 0 Å². The van der Waals surface area contributed by atoms with Crippen molar-refractivity contribution in [2.45, 2.75) is 44.8 Å². The highest BCUT2D eigenvalue weighted by Crippen LogP contribution is 2.37. The standard InChI is InChI=1S/C34H29ClN2O5/c35-26-13-16-29(21-6-8-23(9-7-21)33(38)39)25(18-26)20-42-28-14-10-22(11-15-28)32-36-30-19-24(34(40)41)12-17-31(30)37(32)27-4-2-1-3-5-27/h6-19,27H,1-5,20H2,(H,38,39)(H,40,41). The second-order valence-electron chi connectivity index (χ2n) is 10.6. The Morgan fingerprint density at radius 2 is 1.48 bits per heavy atom. The predicted octanol–water partition coefficient (Wildman–Crippen LogP) is 8.50. The summed E-state index contributed by atoms with van der Waals surface area (Å²) < 4.78 is 8.45. The molecule has 1 heterocycles. The number of hydrogen-bond acceptors (Lipinski definition) is 4. The van der Waals surface area contributed by atoms with E-state index in [1.54, 1.807) is 42.5 Å². The number of benzene rings is 4. The lowest BCUT2D eigenvalue weighted by Gasteiger charge is -2.25. The summed E-state index contributed by atoms with van der Waals surface area (Å²) in [6.45, 7) is 0.272. The molecule has 0 radical (unpaired) electrons. The number of carbonyl (C=O) groups is 2. The van der Waals surface area contributed by atoms with E-state index in [2.05, 4.69) is 4.57 Å². The molecule has 0 amide bonds. The molecule has 1 aliphatic rings. The number of carboxylic acids is 2. The molecule has 0 bridgehead atoms. The summed E-state index contributed by atoms with van der Waals surface area (Å²) >= 11 is 6.31. The molecule has 1 fully saturated rings. The summed E-state index contributed by atoms with van der Waals surface area (Å²) in [4.78, 5) is 27.7. The van der Waals surface area contributed by atoms with Gasteiger partial charge < -0.3 is 19.5 Å². The largest absolute Gasteiger partial charge is 0.489 e. The van der Waals surface area contributed by atoms with E-state index in [1.807, 2.05) is 42.5 Å². The van der Waals surface area contributed by atoms with Gasteiger partial charge in [0, 0.05) is 16.6 Å². The highest BCUT2D eigenvalue weighted by Gasteiger charge is 2.23. The van der Waals surface area contributed by atoms with Gasteiger partial charge in [-0.1, -0.05) is 49.1 Å². The first-order valence-electron chi connectivity index (χ1n) is 14.0. The SMILES string of the molecule is O=C(O)c1ccc(-c2ccc(Cl)cc2COc2ccc(-c3nc4cc(C(=O)O)ccc4n3C3CCCCC3)cc2)cc1. The molecule has 4 aromatic carbocycles. The van der Waals surface area contributed by atoms with E-state index in [4.69, 9.17) is 21.3 Å². The Hall–Kier alpha value is -4.62. The van der Waals surface area contributed by atoms with E-state index < -0.39 is 11.9 Å². The summed E-state index contributed by atoms with van der Waals surface area (Å²) in [5, 5.41) is 19.3. The summed E-state index contributed by atoms with van der Waals surface area (Å²) in [5.41, 5.74) is 5.68. The molecule has 0 spiro atoms. The Morgan fingerprint density at radius 1 is 0.810 bits per heavy atom. The summed E-state index contributed by atoms with van der Waals surface area (Å²) in [5.74, 6) is -0.427. The van der Waals surface area contributed by atoms with E-state index in [0.717, 1.165) is 46.4 Å². The van der Waals surface area contributed by atoms with Gasteiger partial charge in [-0.15, -0.1) is 0 Å². The van der Waals surface area contributed by atoms with Crippen molar-refractivity contribution < 1.29 is 24.5 Å². The lowest BCUT2D eigenvalue weighted by Crippen LogP contribution is -2.14. The Labute approximate surface area is 248 Å². The maximum absolute atomic E-state index is 11.6. The van der Waals surface area contributed by atoms with Gasteiger partial charge in [-0.25, -0.2) is 14.6 Å². The topological polar surface area (TPSA) is 102 Å². The minimum absolute atomic E-state index is 0.226. The number of ether oxygens (including phenoxy) is 1. The third kappa shape index (κ3) is 5.60. The highest BCUT2D eigenvalue weighted by molar-refractivity contribution is 6.30. The van der Waals surface area contributed by atoms with Crippen molar-refractivity contribution in [3.8, 4) is 28.3 Å². The maximum atomic E-state index is 11.6. The average molecular weight is 581 g/mol. The molecule has 0 unspecified atom stereocenters. The van der Waals surface area contributed by atoms with E-state index in [0.29, 0.717) is 22.3 Å². The van der Waals surface area contributed by atoms with Gasteiger partial charge in [-0.2, -0.15) is 0 Å². The zero-order valence-electron chi connectivity index (χ0n) is 22.8. The molecule has 6 rings (SSSR count). The van der Waals surface area contributed by atoms with E-state index in [9.17, 15) is 19.8 Å². The lowest BCUT2D eigenvalue weighted by atomic mass is 9.95. The lowest BCUT2D eigenvalue weighted by molar-refractivity contribution is 0.0686. The minimum atomic E-state index is -0.969. The number of hydrogen-bond donors (Lipinski definition) is 2. The van der Waals surface area contributed by atoms with Gasteiger partial charge in [-0.05, 0) is 96.3 Å². The average Bonchev–Trinajstić information content (AvgIpc) is 3.40. The zero-order chi connectivity index (χ0) is 29.2. The Morgan fingerprint density at radius 3 is 2.17 bits per heavy atom. The fraction of sp³-hybridized carbons (Fsp3) is 0.206. The minimum Gasteiger partial charge on any atom is -0.489 e. The first kappa shape index (κ1) is 27.5. The smallest absolute Gasteiger partial charge is 0.335 e. The number of carboxylic acid groups (broad SMARTS) is 2. The molecule has 0 atom stereocenters. The predicted molar refractivity (Wildman–Crippen MR) is 162 cm³/mol. The van der Waals surface area contributed by atoms with E-state index in [1.165, 1.54) is 19.3 Å². The van der Waals surface area contributed by atoms with Gasteiger partial charge >= 0.3 is 11.9 Å². The number of nitrogens with zero attached hydrogens (tertiary/aromatic N) is 2. The van der Waals surface area contributed by atoms with E-state index >= 15 is 0 Å². The van der Waals surface area contributed by atoms with Crippen molar-refractivity contribution in [3.05, 3.63) is 107 Å². The van der Waals surface area contributed by atoms with Crippen molar-refractivity contribution in [3.63, 3.8) is 0 Å². The molecule has 1 aromatic heterocycles. The molecule has 1 aliphatic carbocycles. The Bertz CT molecular complexity index is 1770. The van der Waals surface area contributed by atoms with Crippen LogP contribution >= 0.6 is 11.6 Å². The number of halogens is 1. The molecule has 212 valence electrons. The molecule has 8 heteroatoms. The van der Waals surface area contributed by atoms with Gasteiger partial charge in [0.05, 0.1) is 22.2 Å². The monoisotopic (exact) mass is 580 g/mol. The van der Waals surface area contributed by atoms with Crippen LogP contribution in [0, 0.1) is 0 Å². The van der Waals surface area contributed by atoms with Crippen LogP contribution in [0.4, 0.5) is 0 Å². The first-order chi connectivity index (χ1) is 20.4. The second-order valence-corrected chi connectivity index (χ2v) is 11.0. The highest BCUT2D eigenvalue weighted by atomic mass is 35.5. The number of rotatable bonds is 8. The summed E-state index contributed by atoms with van der Waals surface area (Å²) in [7, 11) is 0. The number of imidazole rings is 1. The van der Waals surface area contributed by atoms with Crippen molar-refractivity contribution in [1.29, 1.82) is 0 Å². The normalized spacial score (nSPS) is 13.7. The van der Waals surface area contributed by atoms with Crippen LogP contribution < -0.4 is 4.74 Å². The van der Waals surface area contributed by atoms with Gasteiger partial charge in [0.2, 0.25) is 0 Å². The fourth-order valence-corrected chi connectivity index (χ4v) is 5.96. The van der Waals surface area contributed by atoms with Crippen LogP contribution in [-0.2, 0) is 6.61 Å². The van der Waals surface area contributed by atoms with Gasteiger partial charge in [-0.3, -0.25) is 0 Å². The first-order valence-corrected chi connectivity index (χ1v) is 14.4. The molecule has 2 N–H and O–H groups in total. The summed E-state index contributed by atoms with van der Waals surface area (Å²) in [6, 6.07) is 25.6. The number of fused-ring (bicyclic) bond motifs is 1. The molecular formula is C34H29ClN2O5. The van der Waals surface area contributed by atoms with Crippen LogP contribution in [0.3, 0.4) is 0 Å². The van der Waals surface area contributed by atoms with Crippen LogP contribution in [0.2, 0.25) is 5.02 Å². The van der Waals surface area contributed by atoms with Crippen molar-refractivity contribution >= 4 is 34.6 Å². The van der Waals surface area contributed by atoms with Crippen LogP contribution in [0.25, 0.3) is 33.5 Å². The zero-order valence-corrected chi connectivity index (χ0v) is 23.6. The van der Waals surface area contributed by atoms with Crippen LogP contribution in [0.5, 0.6) is 5.75 Å². The van der Waals surface area contributed by atoms with Crippen LogP contribution in [-0.4, -0.2) is 31.7 Å². The van der Waals surface area contributed by atoms with Gasteiger partial charge in [0.1, 0.15) is 18.2 Å². The fourth-order valence-electron chi connectivity index (χ4n) is 5.76. The molecular weight excluding hydrogens is 552 g/mol. The van der Waals surface area contributed by atoms with Crippen molar-refractivity contribution in [2.24, 2.45) is 0 Å². The quantitative estimate of drug-likeness (QED) is 0.191. The van der Waals surface area contributed by atoms with Crippen LogP contribution in [0.15, 0.2) is 84.9 Å². The molecule has 1 saturated carbocycles. The molecule has 5 aromatic rings. The third-order valence-electron chi connectivity index (χ3n) is 7.89.